The summed E-state index contributed by atoms with van der Waals surface area (Å²) in [7, 11) is 3.23. The number of ether oxygens (including phenoxy) is 3. The van der Waals surface area contributed by atoms with Crippen molar-refractivity contribution in [2.45, 2.75) is 31.5 Å². The van der Waals surface area contributed by atoms with Gasteiger partial charge in [0.15, 0.2) is 0 Å². The first-order chi connectivity index (χ1) is 16.1. The van der Waals surface area contributed by atoms with Crippen molar-refractivity contribution < 1.29 is 24.1 Å². The largest absolute Gasteiger partial charge is 0.497 e. The van der Waals surface area contributed by atoms with E-state index in [1.165, 1.54) is 0 Å². The van der Waals surface area contributed by atoms with Crippen LogP contribution in [0.25, 0.3) is 0 Å². The molecule has 1 fully saturated rings. The minimum absolute atomic E-state index is 0.266. The van der Waals surface area contributed by atoms with Gasteiger partial charge in [-0.1, -0.05) is 42.5 Å². The lowest BCUT2D eigenvalue weighted by Crippen LogP contribution is -2.39. The quantitative estimate of drug-likeness (QED) is 0.502. The smallest absolute Gasteiger partial charge is 0.320 e. The number of nitrogens with zero attached hydrogens (tertiary/aromatic N) is 1. The number of methoxy groups -OCH3 is 2. The third-order valence-corrected chi connectivity index (χ3v) is 6.09. The highest BCUT2D eigenvalue weighted by Crippen LogP contribution is 2.40. The van der Waals surface area contributed by atoms with E-state index >= 15 is 0 Å². The summed E-state index contributed by atoms with van der Waals surface area (Å²) in [5.41, 5.74) is 2.99. The number of likely N-dealkylation sites (tertiary alicyclic amines) is 1. The third kappa shape index (κ3) is 5.12. The fraction of sp³-hybridized carbons (Fsp3) is 0.296. The molecule has 6 heteroatoms. The van der Waals surface area contributed by atoms with Gasteiger partial charge in [-0.25, -0.2) is 0 Å². The second-order valence-corrected chi connectivity index (χ2v) is 8.09. The van der Waals surface area contributed by atoms with Crippen LogP contribution in [0.1, 0.15) is 35.6 Å². The van der Waals surface area contributed by atoms with Crippen LogP contribution in [-0.2, 0) is 11.4 Å². The van der Waals surface area contributed by atoms with Crippen molar-refractivity contribution in [3.05, 3.63) is 89.5 Å². The van der Waals surface area contributed by atoms with E-state index in [1.807, 2.05) is 77.7 Å². The fourth-order valence-electron chi connectivity index (χ4n) is 4.44. The van der Waals surface area contributed by atoms with Crippen molar-refractivity contribution in [1.29, 1.82) is 0 Å². The molecule has 0 aliphatic carbocycles. The molecule has 0 bridgehead atoms. The fourth-order valence-corrected chi connectivity index (χ4v) is 4.44. The van der Waals surface area contributed by atoms with Crippen LogP contribution in [0, 0.1) is 0 Å². The maximum atomic E-state index is 12.0. The Kier molecular flexibility index (Phi) is 7.15. The summed E-state index contributed by atoms with van der Waals surface area (Å²) in [6, 6.07) is 22.8. The Morgan fingerprint density at radius 1 is 1.00 bits per heavy atom. The molecule has 3 aromatic rings. The first kappa shape index (κ1) is 22.7. The van der Waals surface area contributed by atoms with Gasteiger partial charge in [-0.3, -0.25) is 9.69 Å². The van der Waals surface area contributed by atoms with Gasteiger partial charge in [-0.2, -0.15) is 0 Å². The van der Waals surface area contributed by atoms with Crippen LogP contribution in [0.2, 0.25) is 0 Å². The van der Waals surface area contributed by atoms with Crippen LogP contribution in [-0.4, -0.2) is 42.8 Å². The van der Waals surface area contributed by atoms with Crippen molar-refractivity contribution in [3.63, 3.8) is 0 Å². The standard InChI is InChI=1S/C27H29NO5/c1-31-22-14-15-23(25(17-22)32-2)26(28-16-6-9-24(28)27(29)30)20-10-12-21(13-11-20)33-18-19-7-4-3-5-8-19/h3-5,7-8,10-15,17,24,26H,6,9,16,18H2,1-2H3,(H,29,30). The number of hydrogen-bond donors (Lipinski definition) is 1. The highest BCUT2D eigenvalue weighted by Gasteiger charge is 2.38. The lowest BCUT2D eigenvalue weighted by Gasteiger charge is -2.33. The SMILES string of the molecule is COc1ccc(C(c2ccc(OCc3ccccc3)cc2)N2CCCC2C(=O)O)c(OC)c1. The zero-order valence-electron chi connectivity index (χ0n) is 18.9. The highest BCUT2D eigenvalue weighted by molar-refractivity contribution is 5.74. The zero-order valence-corrected chi connectivity index (χ0v) is 18.9. The molecule has 0 radical (unpaired) electrons. The highest BCUT2D eigenvalue weighted by atomic mass is 16.5. The first-order valence-electron chi connectivity index (χ1n) is 11.1. The van der Waals surface area contributed by atoms with E-state index in [9.17, 15) is 9.90 Å². The lowest BCUT2D eigenvalue weighted by molar-refractivity contribution is -0.142. The predicted molar refractivity (Wildman–Crippen MR) is 126 cm³/mol. The molecule has 0 saturated carbocycles. The van der Waals surface area contributed by atoms with Crippen LogP contribution in [0.3, 0.4) is 0 Å². The van der Waals surface area contributed by atoms with E-state index in [0.717, 1.165) is 28.9 Å². The Balaban J connectivity index is 1.66. The Morgan fingerprint density at radius 2 is 1.73 bits per heavy atom. The normalized spacial score (nSPS) is 16.8. The van der Waals surface area contributed by atoms with Gasteiger partial charge in [0.2, 0.25) is 0 Å². The molecule has 0 aromatic heterocycles. The number of carboxylic acid groups (broad SMARTS) is 1. The summed E-state index contributed by atoms with van der Waals surface area (Å²) < 4.78 is 17.0. The Labute approximate surface area is 194 Å². The molecule has 1 N–H and O–H groups in total. The van der Waals surface area contributed by atoms with Gasteiger partial charge in [0.1, 0.15) is 29.9 Å². The van der Waals surface area contributed by atoms with Gasteiger partial charge in [0.05, 0.1) is 20.3 Å². The van der Waals surface area contributed by atoms with Crippen molar-refractivity contribution in [2.24, 2.45) is 0 Å². The average molecular weight is 448 g/mol. The molecule has 1 saturated heterocycles. The summed E-state index contributed by atoms with van der Waals surface area (Å²) in [4.78, 5) is 14.0. The summed E-state index contributed by atoms with van der Waals surface area (Å²) in [5, 5.41) is 9.84. The number of rotatable bonds is 9. The van der Waals surface area contributed by atoms with Gasteiger partial charge >= 0.3 is 5.97 Å². The van der Waals surface area contributed by atoms with Crippen molar-refractivity contribution in [2.75, 3.05) is 20.8 Å². The Morgan fingerprint density at radius 3 is 2.39 bits per heavy atom. The third-order valence-electron chi connectivity index (χ3n) is 6.09. The molecule has 0 spiro atoms. The second-order valence-electron chi connectivity index (χ2n) is 8.09. The maximum Gasteiger partial charge on any atom is 0.320 e. The molecule has 1 aliphatic rings. The van der Waals surface area contributed by atoms with E-state index in [1.54, 1.807) is 14.2 Å². The van der Waals surface area contributed by atoms with E-state index < -0.39 is 12.0 Å². The van der Waals surface area contributed by atoms with Crippen LogP contribution < -0.4 is 14.2 Å². The molecule has 4 rings (SSSR count). The molecular formula is C27H29NO5. The van der Waals surface area contributed by atoms with Crippen LogP contribution in [0.15, 0.2) is 72.8 Å². The summed E-state index contributed by atoms with van der Waals surface area (Å²) in [5.74, 6) is 1.32. The summed E-state index contributed by atoms with van der Waals surface area (Å²) in [6.45, 7) is 1.19. The summed E-state index contributed by atoms with van der Waals surface area (Å²) in [6.07, 6.45) is 1.47. The Bertz CT molecular complexity index is 1070. The molecule has 3 aromatic carbocycles. The Hall–Kier alpha value is -3.51. The predicted octanol–water partition coefficient (Wildman–Crippen LogP) is 4.92. The maximum absolute atomic E-state index is 12.0. The number of aliphatic carboxylic acids is 1. The van der Waals surface area contributed by atoms with Crippen LogP contribution in [0.5, 0.6) is 17.2 Å². The van der Waals surface area contributed by atoms with Gasteiger partial charge < -0.3 is 19.3 Å². The number of hydrogen-bond acceptors (Lipinski definition) is 5. The average Bonchev–Trinajstić information content (AvgIpc) is 3.34. The molecule has 172 valence electrons. The minimum Gasteiger partial charge on any atom is -0.497 e. The molecule has 1 heterocycles. The second kappa shape index (κ2) is 10.4. The van der Waals surface area contributed by atoms with Gasteiger partial charge in [-0.15, -0.1) is 0 Å². The molecule has 2 unspecified atom stereocenters. The van der Waals surface area contributed by atoms with Gasteiger partial charge in [0, 0.05) is 18.2 Å². The molecule has 33 heavy (non-hydrogen) atoms. The minimum atomic E-state index is -0.798. The molecule has 6 nitrogen and oxygen atoms in total. The van der Waals surface area contributed by atoms with Gasteiger partial charge in [-0.05, 0) is 48.2 Å². The molecular weight excluding hydrogens is 418 g/mol. The van der Waals surface area contributed by atoms with E-state index in [4.69, 9.17) is 14.2 Å². The first-order valence-corrected chi connectivity index (χ1v) is 11.1. The van der Waals surface area contributed by atoms with Crippen molar-refractivity contribution in [1.82, 2.24) is 4.90 Å². The monoisotopic (exact) mass is 447 g/mol. The van der Waals surface area contributed by atoms with E-state index in [0.29, 0.717) is 31.1 Å². The zero-order chi connectivity index (χ0) is 23.2. The topological polar surface area (TPSA) is 68.2 Å². The van der Waals surface area contributed by atoms with Crippen molar-refractivity contribution >= 4 is 5.97 Å². The van der Waals surface area contributed by atoms with Crippen molar-refractivity contribution in [3.8, 4) is 17.2 Å². The number of carboxylic acids is 1. The van der Waals surface area contributed by atoms with Gasteiger partial charge in [0.25, 0.3) is 0 Å². The van der Waals surface area contributed by atoms with E-state index in [-0.39, 0.29) is 6.04 Å². The summed E-state index contributed by atoms with van der Waals surface area (Å²) >= 11 is 0. The van der Waals surface area contributed by atoms with E-state index in [2.05, 4.69) is 0 Å². The van der Waals surface area contributed by atoms with Crippen LogP contribution >= 0.6 is 0 Å². The lowest BCUT2D eigenvalue weighted by atomic mass is 9.95. The molecule has 2 atom stereocenters. The molecule has 0 amide bonds. The molecule has 1 aliphatic heterocycles. The number of benzene rings is 3. The number of carbonyl (C=O) groups is 1. The van der Waals surface area contributed by atoms with Crippen LogP contribution in [0.4, 0.5) is 0 Å².